The summed E-state index contributed by atoms with van der Waals surface area (Å²) in [5.74, 6) is 0.454. The maximum absolute atomic E-state index is 11.7. The molecule has 1 atom stereocenters. The molecular weight excluding hydrogens is 248 g/mol. The Hall–Kier alpha value is -1.33. The number of thioether (sulfide) groups is 1. The molecule has 0 aliphatic heterocycles. The van der Waals surface area contributed by atoms with E-state index in [2.05, 4.69) is 5.32 Å². The van der Waals surface area contributed by atoms with E-state index in [9.17, 15) is 9.59 Å². The lowest BCUT2D eigenvalue weighted by atomic mass is 10.1. The van der Waals surface area contributed by atoms with Crippen molar-refractivity contribution in [3.8, 4) is 0 Å². The Morgan fingerprint density at radius 1 is 1.33 bits per heavy atom. The van der Waals surface area contributed by atoms with Crippen LogP contribution in [0.4, 0.5) is 0 Å². The third-order valence-electron chi connectivity index (χ3n) is 2.49. The van der Waals surface area contributed by atoms with Crippen LogP contribution < -0.4 is 11.1 Å². The lowest BCUT2D eigenvalue weighted by Crippen LogP contribution is -2.42. The van der Waals surface area contributed by atoms with Crippen LogP contribution in [-0.2, 0) is 4.79 Å². The molecule has 4 nitrogen and oxygen atoms in total. The van der Waals surface area contributed by atoms with Crippen molar-refractivity contribution in [3.63, 3.8) is 0 Å². The van der Waals surface area contributed by atoms with Crippen LogP contribution in [-0.4, -0.2) is 36.3 Å². The predicted molar refractivity (Wildman–Crippen MR) is 74.8 cm³/mol. The first-order valence-corrected chi connectivity index (χ1v) is 7.15. The Bertz CT molecular complexity index is 395. The minimum Gasteiger partial charge on any atom is -0.347 e. The smallest absolute Gasteiger partial charge is 0.237 e. The van der Waals surface area contributed by atoms with Crippen molar-refractivity contribution in [1.82, 2.24) is 5.32 Å². The number of rotatable bonds is 7. The monoisotopic (exact) mass is 266 g/mol. The van der Waals surface area contributed by atoms with Crippen LogP contribution in [0, 0.1) is 0 Å². The molecule has 0 unspecified atom stereocenters. The van der Waals surface area contributed by atoms with Crippen LogP contribution in [0.2, 0.25) is 0 Å². The molecule has 3 N–H and O–H groups in total. The lowest BCUT2D eigenvalue weighted by molar-refractivity contribution is -0.122. The SMILES string of the molecule is CSCC[C@H](N)C(=O)NCC(=O)c1ccccc1. The lowest BCUT2D eigenvalue weighted by Gasteiger charge is -2.11. The number of Topliss-reactive ketones (excluding diaryl/α,β-unsaturated/α-hetero) is 1. The molecule has 0 radical (unpaired) electrons. The molecule has 0 aliphatic rings. The predicted octanol–water partition coefficient (Wildman–Crippen LogP) is 1.07. The first-order valence-electron chi connectivity index (χ1n) is 5.75. The normalized spacial score (nSPS) is 11.9. The van der Waals surface area contributed by atoms with Crippen LogP contribution in [0.25, 0.3) is 0 Å². The molecule has 0 aliphatic carbocycles. The van der Waals surface area contributed by atoms with E-state index in [0.717, 1.165) is 5.75 Å². The first kappa shape index (κ1) is 14.7. The highest BCUT2D eigenvalue weighted by atomic mass is 32.2. The highest BCUT2D eigenvalue weighted by molar-refractivity contribution is 7.98. The summed E-state index contributed by atoms with van der Waals surface area (Å²) in [5, 5.41) is 2.57. The quantitative estimate of drug-likeness (QED) is 0.724. The zero-order valence-corrected chi connectivity index (χ0v) is 11.2. The van der Waals surface area contributed by atoms with Gasteiger partial charge in [-0.3, -0.25) is 9.59 Å². The molecule has 98 valence electrons. The van der Waals surface area contributed by atoms with Gasteiger partial charge in [0, 0.05) is 5.56 Å². The van der Waals surface area contributed by atoms with Gasteiger partial charge in [0.25, 0.3) is 0 Å². The second-order valence-corrected chi connectivity index (χ2v) is 4.88. The largest absolute Gasteiger partial charge is 0.347 e. The summed E-state index contributed by atoms with van der Waals surface area (Å²) in [4.78, 5) is 23.3. The minimum atomic E-state index is -0.541. The Kier molecular flexibility index (Phi) is 6.46. The molecule has 0 fully saturated rings. The standard InChI is InChI=1S/C13H18N2O2S/c1-18-8-7-11(14)13(17)15-9-12(16)10-5-3-2-4-6-10/h2-6,11H,7-9,14H2,1H3,(H,15,17)/t11-/m0/s1. The summed E-state index contributed by atoms with van der Waals surface area (Å²) in [5.41, 5.74) is 6.28. The van der Waals surface area contributed by atoms with Gasteiger partial charge >= 0.3 is 0 Å². The summed E-state index contributed by atoms with van der Waals surface area (Å²) >= 11 is 1.64. The van der Waals surface area contributed by atoms with E-state index in [1.165, 1.54) is 0 Å². The van der Waals surface area contributed by atoms with Crippen LogP contribution >= 0.6 is 11.8 Å². The Labute approximate surface area is 111 Å². The zero-order chi connectivity index (χ0) is 13.4. The third-order valence-corrected chi connectivity index (χ3v) is 3.13. The highest BCUT2D eigenvalue weighted by Crippen LogP contribution is 2.00. The summed E-state index contributed by atoms with van der Waals surface area (Å²) in [6.45, 7) is -0.00415. The number of nitrogens with two attached hydrogens (primary N) is 1. The average Bonchev–Trinajstić information content (AvgIpc) is 2.42. The van der Waals surface area contributed by atoms with Crippen LogP contribution in [0.15, 0.2) is 30.3 Å². The molecular formula is C13H18N2O2S. The second kappa shape index (κ2) is 7.89. The fourth-order valence-corrected chi connectivity index (χ4v) is 1.89. The molecule has 1 rings (SSSR count). The van der Waals surface area contributed by atoms with Gasteiger partial charge in [0.15, 0.2) is 5.78 Å². The maximum Gasteiger partial charge on any atom is 0.237 e. The van der Waals surface area contributed by atoms with Gasteiger partial charge in [0.2, 0.25) is 5.91 Å². The average molecular weight is 266 g/mol. The maximum atomic E-state index is 11.7. The van der Waals surface area contributed by atoms with Gasteiger partial charge in [-0.25, -0.2) is 0 Å². The van der Waals surface area contributed by atoms with Gasteiger partial charge in [0.1, 0.15) is 0 Å². The van der Waals surface area contributed by atoms with Crippen LogP contribution in [0.5, 0.6) is 0 Å². The number of hydrogen-bond acceptors (Lipinski definition) is 4. The molecule has 0 saturated heterocycles. The molecule has 0 bridgehead atoms. The number of benzene rings is 1. The van der Waals surface area contributed by atoms with Crippen molar-refractivity contribution in [2.45, 2.75) is 12.5 Å². The van der Waals surface area contributed by atoms with E-state index in [1.54, 1.807) is 36.0 Å². The van der Waals surface area contributed by atoms with Gasteiger partial charge in [-0.2, -0.15) is 11.8 Å². The number of hydrogen-bond donors (Lipinski definition) is 2. The second-order valence-electron chi connectivity index (χ2n) is 3.89. The number of amides is 1. The molecule has 0 saturated carbocycles. The topological polar surface area (TPSA) is 72.2 Å². The van der Waals surface area contributed by atoms with Gasteiger partial charge in [-0.1, -0.05) is 30.3 Å². The number of nitrogens with one attached hydrogen (secondary N) is 1. The number of carbonyl (C=O) groups is 2. The number of carbonyl (C=O) groups excluding carboxylic acids is 2. The highest BCUT2D eigenvalue weighted by Gasteiger charge is 2.14. The molecule has 5 heteroatoms. The summed E-state index contributed by atoms with van der Waals surface area (Å²) in [6.07, 6.45) is 2.58. The van der Waals surface area contributed by atoms with E-state index in [4.69, 9.17) is 5.73 Å². The molecule has 0 spiro atoms. The van der Waals surface area contributed by atoms with Gasteiger partial charge in [-0.05, 0) is 18.4 Å². The van der Waals surface area contributed by atoms with E-state index in [-0.39, 0.29) is 18.2 Å². The van der Waals surface area contributed by atoms with Gasteiger partial charge in [0.05, 0.1) is 12.6 Å². The zero-order valence-electron chi connectivity index (χ0n) is 10.4. The Morgan fingerprint density at radius 2 is 2.00 bits per heavy atom. The van der Waals surface area contributed by atoms with Crippen molar-refractivity contribution in [1.29, 1.82) is 0 Å². The molecule has 0 heterocycles. The van der Waals surface area contributed by atoms with Crippen LogP contribution in [0.3, 0.4) is 0 Å². The summed E-state index contributed by atoms with van der Waals surface area (Å²) in [6, 6.07) is 8.33. The van der Waals surface area contributed by atoms with Crippen LogP contribution in [0.1, 0.15) is 16.8 Å². The van der Waals surface area contributed by atoms with Gasteiger partial charge < -0.3 is 11.1 Å². The van der Waals surface area contributed by atoms with Gasteiger partial charge in [-0.15, -0.1) is 0 Å². The minimum absolute atomic E-state index is 0.00415. The fraction of sp³-hybridized carbons (Fsp3) is 0.385. The molecule has 0 aromatic heterocycles. The molecule has 1 amide bonds. The van der Waals surface area contributed by atoms with Crippen molar-refractivity contribution < 1.29 is 9.59 Å². The van der Waals surface area contributed by atoms with E-state index >= 15 is 0 Å². The Morgan fingerprint density at radius 3 is 2.61 bits per heavy atom. The van der Waals surface area contributed by atoms with Crippen molar-refractivity contribution in [2.75, 3.05) is 18.6 Å². The van der Waals surface area contributed by atoms with E-state index in [1.807, 2.05) is 12.3 Å². The number of ketones is 1. The first-order chi connectivity index (χ1) is 8.65. The molecule has 1 aromatic rings. The third kappa shape index (κ3) is 4.89. The molecule has 1 aromatic carbocycles. The Balaban J connectivity index is 2.36. The summed E-state index contributed by atoms with van der Waals surface area (Å²) < 4.78 is 0. The fourth-order valence-electron chi connectivity index (χ4n) is 1.40. The van der Waals surface area contributed by atoms with Crippen molar-refractivity contribution in [3.05, 3.63) is 35.9 Å². The van der Waals surface area contributed by atoms with E-state index < -0.39 is 6.04 Å². The molecule has 18 heavy (non-hydrogen) atoms. The van der Waals surface area contributed by atoms with E-state index in [0.29, 0.717) is 12.0 Å². The van der Waals surface area contributed by atoms with Crippen molar-refractivity contribution >= 4 is 23.5 Å². The summed E-state index contributed by atoms with van der Waals surface area (Å²) in [7, 11) is 0. The van der Waals surface area contributed by atoms with Crippen molar-refractivity contribution in [2.24, 2.45) is 5.73 Å².